The summed E-state index contributed by atoms with van der Waals surface area (Å²) in [5.41, 5.74) is 4.25. The molecule has 2 aromatic rings. The highest BCUT2D eigenvalue weighted by atomic mass is 16.2. The summed E-state index contributed by atoms with van der Waals surface area (Å²) in [7, 11) is 0. The summed E-state index contributed by atoms with van der Waals surface area (Å²) in [5.74, 6) is 0.0318. The minimum atomic E-state index is 0.0318. The second kappa shape index (κ2) is 8.15. The molecule has 1 amide bonds. The number of benzene rings is 1. The number of anilines is 1. The van der Waals surface area contributed by atoms with Crippen molar-refractivity contribution < 1.29 is 4.79 Å². The molecule has 0 atom stereocenters. The van der Waals surface area contributed by atoms with E-state index in [2.05, 4.69) is 41.9 Å². The van der Waals surface area contributed by atoms with E-state index in [0.717, 1.165) is 44.6 Å². The molecule has 0 radical (unpaired) electrons. The number of carbonyl (C=O) groups excluding carboxylic acids is 1. The molecule has 0 unspecified atom stereocenters. The van der Waals surface area contributed by atoms with Crippen LogP contribution in [-0.2, 0) is 13.0 Å². The molecule has 132 valence electrons. The summed E-state index contributed by atoms with van der Waals surface area (Å²) < 4.78 is 0. The fraction of sp³-hybridized carbons (Fsp3) is 0.429. The van der Waals surface area contributed by atoms with Crippen LogP contribution in [0.25, 0.3) is 0 Å². The van der Waals surface area contributed by atoms with Crippen LogP contribution in [-0.4, -0.2) is 35.4 Å². The molecule has 0 fully saturated rings. The minimum absolute atomic E-state index is 0.0318. The van der Waals surface area contributed by atoms with E-state index >= 15 is 0 Å². The SMILES string of the molecule is CCCN(CCC)c1ccnc(C(=O)N2CCc3ccccc3C2)c1. The number of rotatable bonds is 6. The van der Waals surface area contributed by atoms with Gasteiger partial charge in [0, 0.05) is 38.1 Å². The molecule has 0 aliphatic carbocycles. The summed E-state index contributed by atoms with van der Waals surface area (Å²) in [6, 6.07) is 12.3. The van der Waals surface area contributed by atoms with Crippen LogP contribution in [0, 0.1) is 0 Å². The topological polar surface area (TPSA) is 36.4 Å². The smallest absolute Gasteiger partial charge is 0.272 e. The first-order valence-corrected chi connectivity index (χ1v) is 9.30. The van der Waals surface area contributed by atoms with Crippen LogP contribution in [0.4, 0.5) is 5.69 Å². The van der Waals surface area contributed by atoms with Crippen molar-refractivity contribution in [1.29, 1.82) is 0 Å². The van der Waals surface area contributed by atoms with Crippen molar-refractivity contribution in [2.45, 2.75) is 39.7 Å². The first-order chi connectivity index (χ1) is 12.2. The standard InChI is InChI=1S/C21H27N3O/c1-3-12-23(13-4-2)19-9-11-22-20(15-19)21(25)24-14-10-17-7-5-6-8-18(17)16-24/h5-9,11,15H,3-4,10,12-14,16H2,1-2H3. The Morgan fingerprint density at radius 2 is 1.84 bits per heavy atom. The van der Waals surface area contributed by atoms with Gasteiger partial charge in [-0.2, -0.15) is 0 Å². The highest BCUT2D eigenvalue weighted by molar-refractivity contribution is 5.93. The van der Waals surface area contributed by atoms with Crippen LogP contribution in [0.15, 0.2) is 42.6 Å². The number of pyridine rings is 1. The molecule has 0 bridgehead atoms. The van der Waals surface area contributed by atoms with E-state index in [1.165, 1.54) is 11.1 Å². The third-order valence-electron chi connectivity index (χ3n) is 4.73. The van der Waals surface area contributed by atoms with Gasteiger partial charge in [-0.25, -0.2) is 0 Å². The number of amides is 1. The van der Waals surface area contributed by atoms with Gasteiger partial charge >= 0.3 is 0 Å². The first kappa shape index (κ1) is 17.5. The van der Waals surface area contributed by atoms with Gasteiger partial charge in [0.05, 0.1) is 0 Å². The van der Waals surface area contributed by atoms with Crippen LogP contribution in [0.1, 0.15) is 48.3 Å². The fourth-order valence-electron chi connectivity index (χ4n) is 3.47. The Kier molecular flexibility index (Phi) is 5.69. The maximum absolute atomic E-state index is 12.9. The molecule has 25 heavy (non-hydrogen) atoms. The van der Waals surface area contributed by atoms with Crippen molar-refractivity contribution >= 4 is 11.6 Å². The van der Waals surface area contributed by atoms with Crippen LogP contribution in [0.2, 0.25) is 0 Å². The van der Waals surface area contributed by atoms with E-state index in [1.54, 1.807) is 6.20 Å². The van der Waals surface area contributed by atoms with E-state index < -0.39 is 0 Å². The second-order valence-corrected chi connectivity index (χ2v) is 6.63. The lowest BCUT2D eigenvalue weighted by molar-refractivity contribution is 0.0729. The molecule has 1 aromatic heterocycles. The zero-order chi connectivity index (χ0) is 17.6. The summed E-state index contributed by atoms with van der Waals surface area (Å²) in [6.07, 6.45) is 4.86. The predicted molar refractivity (Wildman–Crippen MR) is 102 cm³/mol. The van der Waals surface area contributed by atoms with Crippen molar-refractivity contribution in [2.75, 3.05) is 24.5 Å². The minimum Gasteiger partial charge on any atom is -0.371 e. The number of nitrogens with zero attached hydrogens (tertiary/aromatic N) is 3. The maximum Gasteiger partial charge on any atom is 0.272 e. The third kappa shape index (κ3) is 4.01. The number of hydrogen-bond donors (Lipinski definition) is 0. The number of carbonyl (C=O) groups is 1. The Balaban J connectivity index is 1.78. The lowest BCUT2D eigenvalue weighted by atomic mass is 10.00. The van der Waals surface area contributed by atoms with Gasteiger partial charge in [-0.15, -0.1) is 0 Å². The van der Waals surface area contributed by atoms with Gasteiger partial charge < -0.3 is 9.80 Å². The summed E-state index contributed by atoms with van der Waals surface area (Å²) in [4.78, 5) is 21.6. The zero-order valence-electron chi connectivity index (χ0n) is 15.2. The highest BCUT2D eigenvalue weighted by Gasteiger charge is 2.22. The van der Waals surface area contributed by atoms with Crippen molar-refractivity contribution in [1.82, 2.24) is 9.88 Å². The normalized spacial score (nSPS) is 13.4. The van der Waals surface area contributed by atoms with E-state index in [9.17, 15) is 4.79 Å². The molecule has 1 aromatic carbocycles. The van der Waals surface area contributed by atoms with Crippen molar-refractivity contribution in [3.63, 3.8) is 0 Å². The Hall–Kier alpha value is -2.36. The van der Waals surface area contributed by atoms with Crippen LogP contribution >= 0.6 is 0 Å². The first-order valence-electron chi connectivity index (χ1n) is 9.30. The van der Waals surface area contributed by atoms with Crippen LogP contribution in [0.3, 0.4) is 0 Å². The third-order valence-corrected chi connectivity index (χ3v) is 4.73. The highest BCUT2D eigenvalue weighted by Crippen LogP contribution is 2.21. The second-order valence-electron chi connectivity index (χ2n) is 6.63. The molecule has 4 heteroatoms. The summed E-state index contributed by atoms with van der Waals surface area (Å²) in [5, 5.41) is 0. The molecule has 0 saturated heterocycles. The van der Waals surface area contributed by atoms with E-state index in [-0.39, 0.29) is 5.91 Å². The lowest BCUT2D eigenvalue weighted by Crippen LogP contribution is -2.36. The van der Waals surface area contributed by atoms with Gasteiger partial charge in [0.25, 0.3) is 5.91 Å². The van der Waals surface area contributed by atoms with Crippen molar-refractivity contribution in [3.05, 3.63) is 59.4 Å². The predicted octanol–water partition coefficient (Wildman–Crippen LogP) is 3.91. The number of hydrogen-bond acceptors (Lipinski definition) is 3. The van der Waals surface area contributed by atoms with Gasteiger partial charge in [-0.1, -0.05) is 38.1 Å². The average Bonchev–Trinajstić information content (AvgIpc) is 2.67. The Morgan fingerprint density at radius 3 is 2.56 bits per heavy atom. The number of fused-ring (bicyclic) bond motifs is 1. The largest absolute Gasteiger partial charge is 0.371 e. The van der Waals surface area contributed by atoms with Gasteiger partial charge in [-0.05, 0) is 42.5 Å². The average molecular weight is 337 g/mol. The molecular weight excluding hydrogens is 310 g/mol. The maximum atomic E-state index is 12.9. The molecule has 0 N–H and O–H groups in total. The van der Waals surface area contributed by atoms with Gasteiger partial charge in [0.1, 0.15) is 5.69 Å². The fourth-order valence-corrected chi connectivity index (χ4v) is 3.47. The molecular formula is C21H27N3O. The number of aromatic nitrogens is 1. The Bertz CT molecular complexity index is 723. The molecule has 1 aliphatic rings. The van der Waals surface area contributed by atoms with Gasteiger partial charge in [0.15, 0.2) is 0 Å². The molecule has 3 rings (SSSR count). The quantitative estimate of drug-likeness (QED) is 0.802. The van der Waals surface area contributed by atoms with E-state index in [0.29, 0.717) is 12.2 Å². The van der Waals surface area contributed by atoms with Crippen LogP contribution < -0.4 is 4.90 Å². The van der Waals surface area contributed by atoms with Gasteiger partial charge in [0.2, 0.25) is 0 Å². The molecule has 1 aliphatic heterocycles. The molecule has 0 spiro atoms. The lowest BCUT2D eigenvalue weighted by Gasteiger charge is -2.29. The molecule has 2 heterocycles. The molecule has 0 saturated carbocycles. The monoisotopic (exact) mass is 337 g/mol. The molecule has 4 nitrogen and oxygen atoms in total. The van der Waals surface area contributed by atoms with E-state index in [1.807, 2.05) is 23.1 Å². The Labute approximate surface area is 150 Å². The summed E-state index contributed by atoms with van der Waals surface area (Å²) in [6.45, 7) is 7.80. The Morgan fingerprint density at radius 1 is 1.12 bits per heavy atom. The van der Waals surface area contributed by atoms with Crippen molar-refractivity contribution in [2.24, 2.45) is 0 Å². The van der Waals surface area contributed by atoms with Crippen LogP contribution in [0.5, 0.6) is 0 Å². The van der Waals surface area contributed by atoms with Gasteiger partial charge in [-0.3, -0.25) is 9.78 Å². The zero-order valence-corrected chi connectivity index (χ0v) is 15.2. The summed E-state index contributed by atoms with van der Waals surface area (Å²) >= 11 is 0. The van der Waals surface area contributed by atoms with E-state index in [4.69, 9.17) is 0 Å². The van der Waals surface area contributed by atoms with Crippen molar-refractivity contribution in [3.8, 4) is 0 Å².